The topological polar surface area (TPSA) is 26.0 Å². The standard InChI is InChI=1S/C18H27N/c1-13-7-9-15(10-8-13)18(19)12-11-14(2)16-5-3-4-6-17(16)18/h3-6,13-15H,7-12,19H2,1-2H3. The van der Waals surface area contributed by atoms with Crippen molar-refractivity contribution in [2.45, 2.75) is 63.8 Å². The molecular weight excluding hydrogens is 230 g/mol. The monoisotopic (exact) mass is 257 g/mol. The Bertz CT molecular complexity index is 445. The van der Waals surface area contributed by atoms with Crippen LogP contribution in [0.5, 0.6) is 0 Å². The summed E-state index contributed by atoms with van der Waals surface area (Å²) in [6.45, 7) is 4.73. The van der Waals surface area contributed by atoms with Crippen LogP contribution in [-0.4, -0.2) is 0 Å². The number of nitrogens with two attached hydrogens (primary N) is 1. The minimum absolute atomic E-state index is 0.0523. The zero-order chi connectivity index (χ0) is 13.5. The van der Waals surface area contributed by atoms with Crippen LogP contribution in [-0.2, 0) is 5.54 Å². The fraction of sp³-hybridized carbons (Fsp3) is 0.667. The van der Waals surface area contributed by atoms with Gasteiger partial charge in [-0.25, -0.2) is 0 Å². The highest BCUT2D eigenvalue weighted by Gasteiger charge is 2.42. The molecule has 2 aliphatic carbocycles. The predicted octanol–water partition coefficient (Wildman–Crippen LogP) is 4.56. The molecule has 1 heteroatoms. The summed E-state index contributed by atoms with van der Waals surface area (Å²) in [5.74, 6) is 2.27. The van der Waals surface area contributed by atoms with Gasteiger partial charge in [-0.2, -0.15) is 0 Å². The first kappa shape index (κ1) is 13.2. The van der Waals surface area contributed by atoms with E-state index in [0.717, 1.165) is 5.92 Å². The highest BCUT2D eigenvalue weighted by atomic mass is 14.8. The molecule has 0 spiro atoms. The van der Waals surface area contributed by atoms with E-state index in [1.165, 1.54) is 49.7 Å². The van der Waals surface area contributed by atoms with Crippen molar-refractivity contribution in [3.8, 4) is 0 Å². The molecule has 2 unspecified atom stereocenters. The lowest BCUT2D eigenvalue weighted by Gasteiger charge is -2.46. The van der Waals surface area contributed by atoms with Gasteiger partial charge in [0.25, 0.3) is 0 Å². The van der Waals surface area contributed by atoms with E-state index in [-0.39, 0.29) is 5.54 Å². The zero-order valence-electron chi connectivity index (χ0n) is 12.4. The summed E-state index contributed by atoms with van der Waals surface area (Å²) in [6.07, 6.45) is 7.78. The van der Waals surface area contributed by atoms with Crippen molar-refractivity contribution in [3.05, 3.63) is 35.4 Å². The van der Waals surface area contributed by atoms with Gasteiger partial charge in [-0.1, -0.05) is 51.0 Å². The molecule has 1 nitrogen and oxygen atoms in total. The summed E-state index contributed by atoms with van der Waals surface area (Å²) < 4.78 is 0. The van der Waals surface area contributed by atoms with Gasteiger partial charge in [-0.3, -0.25) is 0 Å². The molecule has 1 aromatic rings. The molecule has 0 saturated heterocycles. The van der Waals surface area contributed by atoms with E-state index < -0.39 is 0 Å². The van der Waals surface area contributed by atoms with Gasteiger partial charge >= 0.3 is 0 Å². The lowest BCUT2D eigenvalue weighted by molar-refractivity contribution is 0.155. The molecule has 0 aromatic heterocycles. The maximum atomic E-state index is 6.95. The first-order chi connectivity index (χ1) is 9.11. The molecular formula is C18H27N. The Morgan fingerprint density at radius 3 is 2.42 bits per heavy atom. The molecule has 19 heavy (non-hydrogen) atoms. The van der Waals surface area contributed by atoms with Crippen LogP contribution in [0.15, 0.2) is 24.3 Å². The molecule has 1 fully saturated rings. The second-order valence-corrected chi connectivity index (χ2v) is 7.02. The molecule has 2 N–H and O–H groups in total. The Balaban J connectivity index is 1.94. The van der Waals surface area contributed by atoms with E-state index in [2.05, 4.69) is 38.1 Å². The molecule has 0 radical (unpaired) electrons. The molecule has 2 atom stereocenters. The van der Waals surface area contributed by atoms with Gasteiger partial charge in [0.1, 0.15) is 0 Å². The third-order valence-electron chi connectivity index (χ3n) is 5.73. The SMILES string of the molecule is CC1CCC(C2(N)CCC(C)c3ccccc32)CC1. The number of hydrogen-bond acceptors (Lipinski definition) is 1. The second kappa shape index (κ2) is 4.94. The van der Waals surface area contributed by atoms with Crippen LogP contribution in [0.4, 0.5) is 0 Å². The Hall–Kier alpha value is -0.820. The fourth-order valence-corrected chi connectivity index (χ4v) is 4.30. The molecule has 0 heterocycles. The Morgan fingerprint density at radius 1 is 1.00 bits per heavy atom. The first-order valence-corrected chi connectivity index (χ1v) is 7.99. The van der Waals surface area contributed by atoms with Gasteiger partial charge < -0.3 is 5.73 Å². The van der Waals surface area contributed by atoms with E-state index >= 15 is 0 Å². The Kier molecular flexibility index (Phi) is 3.42. The largest absolute Gasteiger partial charge is 0.321 e. The Labute approximate surface area is 117 Å². The van der Waals surface area contributed by atoms with Crippen molar-refractivity contribution in [1.29, 1.82) is 0 Å². The average Bonchev–Trinajstić information content (AvgIpc) is 2.44. The maximum absolute atomic E-state index is 6.95. The fourth-order valence-electron chi connectivity index (χ4n) is 4.30. The highest BCUT2D eigenvalue weighted by Crippen LogP contribution is 2.48. The molecule has 1 aromatic carbocycles. The lowest BCUT2D eigenvalue weighted by atomic mass is 9.63. The van der Waals surface area contributed by atoms with Crippen LogP contribution < -0.4 is 5.73 Å². The summed E-state index contributed by atoms with van der Waals surface area (Å²) in [4.78, 5) is 0. The zero-order valence-corrected chi connectivity index (χ0v) is 12.4. The van der Waals surface area contributed by atoms with Gasteiger partial charge in [0.05, 0.1) is 0 Å². The number of hydrogen-bond donors (Lipinski definition) is 1. The van der Waals surface area contributed by atoms with E-state index in [4.69, 9.17) is 5.73 Å². The van der Waals surface area contributed by atoms with Crippen LogP contribution in [0.3, 0.4) is 0 Å². The number of fused-ring (bicyclic) bond motifs is 1. The third-order valence-corrected chi connectivity index (χ3v) is 5.73. The normalized spacial score (nSPS) is 38.8. The molecule has 1 saturated carbocycles. The molecule has 2 aliphatic rings. The quantitative estimate of drug-likeness (QED) is 0.784. The lowest BCUT2D eigenvalue weighted by Crippen LogP contribution is -2.48. The van der Waals surface area contributed by atoms with Crippen LogP contribution >= 0.6 is 0 Å². The van der Waals surface area contributed by atoms with Crippen molar-refractivity contribution in [3.63, 3.8) is 0 Å². The minimum Gasteiger partial charge on any atom is -0.321 e. The van der Waals surface area contributed by atoms with Crippen LogP contribution in [0.25, 0.3) is 0 Å². The van der Waals surface area contributed by atoms with E-state index in [9.17, 15) is 0 Å². The molecule has 0 amide bonds. The van der Waals surface area contributed by atoms with Gasteiger partial charge in [0.15, 0.2) is 0 Å². The second-order valence-electron chi connectivity index (χ2n) is 7.02. The van der Waals surface area contributed by atoms with Crippen LogP contribution in [0, 0.1) is 11.8 Å². The summed E-state index contributed by atoms with van der Waals surface area (Å²) in [7, 11) is 0. The summed E-state index contributed by atoms with van der Waals surface area (Å²) in [6, 6.07) is 8.93. The molecule has 104 valence electrons. The van der Waals surface area contributed by atoms with E-state index in [1.807, 2.05) is 0 Å². The molecule has 3 rings (SSSR count). The number of rotatable bonds is 1. The highest BCUT2D eigenvalue weighted by molar-refractivity contribution is 5.39. The minimum atomic E-state index is -0.0523. The molecule has 0 bridgehead atoms. The first-order valence-electron chi connectivity index (χ1n) is 7.99. The van der Waals surface area contributed by atoms with Crippen molar-refractivity contribution < 1.29 is 0 Å². The summed E-state index contributed by atoms with van der Waals surface area (Å²) in [5.41, 5.74) is 9.86. The summed E-state index contributed by atoms with van der Waals surface area (Å²) >= 11 is 0. The van der Waals surface area contributed by atoms with Crippen molar-refractivity contribution in [2.75, 3.05) is 0 Å². The number of benzene rings is 1. The van der Waals surface area contributed by atoms with Gasteiger partial charge in [-0.15, -0.1) is 0 Å². The molecule has 0 aliphatic heterocycles. The average molecular weight is 257 g/mol. The van der Waals surface area contributed by atoms with E-state index in [0.29, 0.717) is 11.8 Å². The smallest absolute Gasteiger partial charge is 0.0441 e. The Morgan fingerprint density at radius 2 is 1.68 bits per heavy atom. The van der Waals surface area contributed by atoms with Gasteiger partial charge in [0.2, 0.25) is 0 Å². The van der Waals surface area contributed by atoms with E-state index in [1.54, 1.807) is 0 Å². The predicted molar refractivity (Wildman–Crippen MR) is 81.1 cm³/mol. The maximum Gasteiger partial charge on any atom is 0.0441 e. The van der Waals surface area contributed by atoms with Gasteiger partial charge in [0, 0.05) is 5.54 Å². The van der Waals surface area contributed by atoms with Crippen molar-refractivity contribution >= 4 is 0 Å². The van der Waals surface area contributed by atoms with Crippen molar-refractivity contribution in [1.82, 2.24) is 0 Å². The van der Waals surface area contributed by atoms with Crippen LogP contribution in [0.2, 0.25) is 0 Å². The van der Waals surface area contributed by atoms with Gasteiger partial charge in [-0.05, 0) is 54.6 Å². The third kappa shape index (κ3) is 2.23. The van der Waals surface area contributed by atoms with Crippen molar-refractivity contribution in [2.24, 2.45) is 17.6 Å². The van der Waals surface area contributed by atoms with Crippen LogP contribution in [0.1, 0.15) is 69.4 Å². The summed E-state index contributed by atoms with van der Waals surface area (Å²) in [5, 5.41) is 0.